The summed E-state index contributed by atoms with van der Waals surface area (Å²) in [6, 6.07) is 12.2. The zero-order valence-electron chi connectivity index (χ0n) is 13.6. The third-order valence-electron chi connectivity index (χ3n) is 4.15. The van der Waals surface area contributed by atoms with E-state index in [-0.39, 0.29) is 0 Å². The molecule has 0 amide bonds. The van der Waals surface area contributed by atoms with Crippen molar-refractivity contribution in [3.63, 3.8) is 0 Å². The highest BCUT2D eigenvalue weighted by Crippen LogP contribution is 2.27. The first-order chi connectivity index (χ1) is 11.8. The predicted octanol–water partition coefficient (Wildman–Crippen LogP) is 3.24. The summed E-state index contributed by atoms with van der Waals surface area (Å²) in [6.45, 7) is 3.83. The lowest BCUT2D eigenvalue weighted by molar-refractivity contribution is 0.628. The van der Waals surface area contributed by atoms with Crippen LogP contribution in [0.15, 0.2) is 48.8 Å². The summed E-state index contributed by atoms with van der Waals surface area (Å²) in [5.74, 6) is 1.62. The van der Waals surface area contributed by atoms with Crippen LogP contribution in [0.5, 0.6) is 0 Å². The number of benzene rings is 1. The molecule has 2 N–H and O–H groups in total. The van der Waals surface area contributed by atoms with Crippen molar-refractivity contribution < 1.29 is 0 Å². The summed E-state index contributed by atoms with van der Waals surface area (Å²) in [5.41, 5.74) is 5.52. The number of fused-ring (bicyclic) bond motifs is 1. The molecule has 0 spiro atoms. The van der Waals surface area contributed by atoms with Gasteiger partial charge in [-0.2, -0.15) is 0 Å². The van der Waals surface area contributed by atoms with Gasteiger partial charge in [0, 0.05) is 48.7 Å². The van der Waals surface area contributed by atoms with Crippen LogP contribution in [-0.4, -0.2) is 21.5 Å². The van der Waals surface area contributed by atoms with Crippen LogP contribution in [0.4, 0.5) is 11.5 Å². The van der Waals surface area contributed by atoms with E-state index >= 15 is 0 Å². The molecule has 0 atom stereocenters. The highest BCUT2D eigenvalue weighted by Gasteiger charge is 2.18. The first-order valence-corrected chi connectivity index (χ1v) is 8.14. The Bertz CT molecular complexity index is 861. The monoisotopic (exact) mass is 317 g/mol. The zero-order valence-corrected chi connectivity index (χ0v) is 13.6. The largest absolute Gasteiger partial charge is 0.340 e. The standard InChI is InChI=1S/C19H19N5/c1-13-3-2-4-15(11-13)22-19-16-12-21-10-7-17(16)23-18(24-19)14-5-8-20-9-6-14/h2-6,8-9,11,21H,7,10,12H2,1H3,(H,22,23,24). The molecule has 0 fully saturated rings. The normalized spacial score (nSPS) is 13.4. The third-order valence-corrected chi connectivity index (χ3v) is 4.15. The van der Waals surface area contributed by atoms with Gasteiger partial charge in [-0.3, -0.25) is 4.98 Å². The van der Waals surface area contributed by atoms with Gasteiger partial charge in [0.1, 0.15) is 5.82 Å². The summed E-state index contributed by atoms with van der Waals surface area (Å²) in [7, 11) is 0. The van der Waals surface area contributed by atoms with Crippen molar-refractivity contribution in [1.29, 1.82) is 0 Å². The molecule has 2 aromatic heterocycles. The molecule has 0 aliphatic carbocycles. The van der Waals surface area contributed by atoms with Gasteiger partial charge in [0.05, 0.1) is 5.69 Å². The van der Waals surface area contributed by atoms with E-state index in [1.165, 1.54) is 5.56 Å². The fraction of sp³-hybridized carbons (Fsp3) is 0.211. The first kappa shape index (κ1) is 14.8. The van der Waals surface area contributed by atoms with Gasteiger partial charge < -0.3 is 10.6 Å². The van der Waals surface area contributed by atoms with Crippen molar-refractivity contribution >= 4 is 11.5 Å². The Labute approximate surface area is 141 Å². The van der Waals surface area contributed by atoms with E-state index in [1.54, 1.807) is 12.4 Å². The Kier molecular flexibility index (Phi) is 3.92. The Hall–Kier alpha value is -2.79. The zero-order chi connectivity index (χ0) is 16.4. The van der Waals surface area contributed by atoms with E-state index in [0.717, 1.165) is 53.7 Å². The minimum Gasteiger partial charge on any atom is -0.340 e. The minimum absolute atomic E-state index is 0.744. The van der Waals surface area contributed by atoms with E-state index in [0.29, 0.717) is 0 Å². The molecular formula is C19H19N5. The average Bonchev–Trinajstić information content (AvgIpc) is 2.62. The number of aromatic nitrogens is 3. The first-order valence-electron chi connectivity index (χ1n) is 8.14. The molecule has 0 saturated carbocycles. The van der Waals surface area contributed by atoms with Crippen molar-refractivity contribution in [2.75, 3.05) is 11.9 Å². The quantitative estimate of drug-likeness (QED) is 0.776. The Morgan fingerprint density at radius 2 is 1.96 bits per heavy atom. The molecule has 24 heavy (non-hydrogen) atoms. The van der Waals surface area contributed by atoms with E-state index in [9.17, 15) is 0 Å². The second-order valence-electron chi connectivity index (χ2n) is 5.98. The predicted molar refractivity (Wildman–Crippen MR) is 95.1 cm³/mol. The third kappa shape index (κ3) is 2.98. The minimum atomic E-state index is 0.744. The number of hydrogen-bond acceptors (Lipinski definition) is 5. The van der Waals surface area contributed by atoms with Crippen LogP contribution in [0.25, 0.3) is 11.4 Å². The molecule has 0 unspecified atom stereocenters. The van der Waals surface area contributed by atoms with Crippen LogP contribution in [-0.2, 0) is 13.0 Å². The molecule has 5 heteroatoms. The molecule has 5 nitrogen and oxygen atoms in total. The summed E-state index contributed by atoms with van der Waals surface area (Å²) >= 11 is 0. The fourth-order valence-electron chi connectivity index (χ4n) is 2.94. The Balaban J connectivity index is 1.79. The van der Waals surface area contributed by atoms with E-state index < -0.39 is 0 Å². The number of pyridine rings is 1. The molecule has 1 aliphatic heterocycles. The lowest BCUT2D eigenvalue weighted by Crippen LogP contribution is -2.26. The molecule has 0 saturated heterocycles. The van der Waals surface area contributed by atoms with Crippen molar-refractivity contribution in [1.82, 2.24) is 20.3 Å². The van der Waals surface area contributed by atoms with Gasteiger partial charge in [-0.05, 0) is 36.8 Å². The summed E-state index contributed by atoms with van der Waals surface area (Å²) in [5, 5.41) is 6.88. The lowest BCUT2D eigenvalue weighted by atomic mass is 10.1. The lowest BCUT2D eigenvalue weighted by Gasteiger charge is -2.21. The molecule has 0 radical (unpaired) electrons. The molecule has 3 heterocycles. The maximum Gasteiger partial charge on any atom is 0.161 e. The van der Waals surface area contributed by atoms with Gasteiger partial charge in [0.15, 0.2) is 5.82 Å². The van der Waals surface area contributed by atoms with E-state index in [1.807, 2.05) is 18.2 Å². The topological polar surface area (TPSA) is 62.7 Å². The SMILES string of the molecule is Cc1cccc(Nc2nc(-c3ccncc3)nc3c2CNCC3)c1. The van der Waals surface area contributed by atoms with Crippen LogP contribution in [0.2, 0.25) is 0 Å². The number of rotatable bonds is 3. The molecule has 1 aromatic carbocycles. The second-order valence-corrected chi connectivity index (χ2v) is 5.98. The molecular weight excluding hydrogens is 298 g/mol. The van der Waals surface area contributed by atoms with Crippen molar-refractivity contribution in [2.24, 2.45) is 0 Å². The summed E-state index contributed by atoms with van der Waals surface area (Å²) in [4.78, 5) is 13.7. The molecule has 1 aliphatic rings. The molecule has 3 aromatic rings. The van der Waals surface area contributed by atoms with Crippen molar-refractivity contribution in [2.45, 2.75) is 19.9 Å². The molecule has 4 rings (SSSR count). The Morgan fingerprint density at radius 1 is 1.08 bits per heavy atom. The molecule has 0 bridgehead atoms. The van der Waals surface area contributed by atoms with Crippen LogP contribution < -0.4 is 10.6 Å². The highest BCUT2D eigenvalue weighted by atomic mass is 15.1. The van der Waals surface area contributed by atoms with Gasteiger partial charge in [0.2, 0.25) is 0 Å². The maximum absolute atomic E-state index is 4.79. The van der Waals surface area contributed by atoms with Crippen molar-refractivity contribution in [3.8, 4) is 11.4 Å². The van der Waals surface area contributed by atoms with Crippen LogP contribution in [0.3, 0.4) is 0 Å². The molecule has 120 valence electrons. The number of nitrogens with one attached hydrogen (secondary N) is 2. The average molecular weight is 317 g/mol. The van der Waals surface area contributed by atoms with E-state index in [4.69, 9.17) is 9.97 Å². The van der Waals surface area contributed by atoms with Gasteiger partial charge >= 0.3 is 0 Å². The number of aryl methyl sites for hydroxylation is 1. The van der Waals surface area contributed by atoms with Crippen molar-refractivity contribution in [3.05, 3.63) is 65.6 Å². The smallest absolute Gasteiger partial charge is 0.161 e. The van der Waals surface area contributed by atoms with Gasteiger partial charge in [-0.1, -0.05) is 12.1 Å². The van der Waals surface area contributed by atoms with Crippen LogP contribution in [0, 0.1) is 6.92 Å². The van der Waals surface area contributed by atoms with Crippen LogP contribution in [0.1, 0.15) is 16.8 Å². The Morgan fingerprint density at radius 3 is 2.79 bits per heavy atom. The van der Waals surface area contributed by atoms with Gasteiger partial charge in [-0.25, -0.2) is 9.97 Å². The van der Waals surface area contributed by atoms with Gasteiger partial charge in [-0.15, -0.1) is 0 Å². The fourth-order valence-corrected chi connectivity index (χ4v) is 2.94. The summed E-state index contributed by atoms with van der Waals surface area (Å²) in [6.07, 6.45) is 4.46. The maximum atomic E-state index is 4.79. The number of nitrogens with zero attached hydrogens (tertiary/aromatic N) is 3. The second kappa shape index (κ2) is 6.37. The van der Waals surface area contributed by atoms with Gasteiger partial charge in [0.25, 0.3) is 0 Å². The number of hydrogen-bond donors (Lipinski definition) is 2. The highest BCUT2D eigenvalue weighted by molar-refractivity contribution is 5.65. The summed E-state index contributed by atoms with van der Waals surface area (Å²) < 4.78 is 0. The number of anilines is 2. The van der Waals surface area contributed by atoms with E-state index in [2.05, 4.69) is 40.7 Å². The van der Waals surface area contributed by atoms with Crippen LogP contribution >= 0.6 is 0 Å².